The van der Waals surface area contributed by atoms with Gasteiger partial charge in [0, 0.05) is 21.2 Å². The summed E-state index contributed by atoms with van der Waals surface area (Å²) in [5, 5.41) is 1.09. The van der Waals surface area contributed by atoms with Gasteiger partial charge in [-0.1, -0.05) is 35.3 Å². The summed E-state index contributed by atoms with van der Waals surface area (Å²) < 4.78 is 22.5. The maximum absolute atomic E-state index is 12.9. The molecule has 0 N–H and O–H groups in total. The number of benzene rings is 3. The minimum absolute atomic E-state index is 0.190. The number of halogens is 2. The minimum atomic E-state index is -0.190. The van der Waals surface area contributed by atoms with Crippen molar-refractivity contribution in [3.8, 4) is 23.0 Å². The van der Waals surface area contributed by atoms with Gasteiger partial charge in [0.2, 0.25) is 5.78 Å². The smallest absolute Gasteiger partial charge is 0.231 e. The molecule has 0 radical (unpaired) electrons. The number of hydrogen-bond donors (Lipinski definition) is 0. The van der Waals surface area contributed by atoms with Gasteiger partial charge < -0.3 is 18.9 Å². The number of Topliss-reactive ketones (excluding diaryl/α,β-unsaturated/α-hetero) is 1. The molecule has 1 heterocycles. The molecule has 0 amide bonds. The Labute approximate surface area is 196 Å². The number of methoxy groups -OCH3 is 2. The number of ether oxygens (including phenoxy) is 4. The average Bonchev–Trinajstić information content (AvgIpc) is 3.10. The first kappa shape index (κ1) is 22.1. The van der Waals surface area contributed by atoms with E-state index in [1.807, 2.05) is 19.1 Å². The quantitative estimate of drug-likeness (QED) is 0.384. The summed E-state index contributed by atoms with van der Waals surface area (Å²) in [5.74, 6) is 2.31. The van der Waals surface area contributed by atoms with E-state index < -0.39 is 0 Å². The van der Waals surface area contributed by atoms with Gasteiger partial charge in [-0.25, -0.2) is 0 Å². The zero-order valence-corrected chi connectivity index (χ0v) is 19.2. The molecular formula is C25H20Cl2O5. The van der Waals surface area contributed by atoms with E-state index >= 15 is 0 Å². The summed E-state index contributed by atoms with van der Waals surface area (Å²) in [6.45, 7) is 2.11. The monoisotopic (exact) mass is 470 g/mol. The Morgan fingerprint density at radius 3 is 2.41 bits per heavy atom. The highest BCUT2D eigenvalue weighted by Gasteiger charge is 2.30. The second-order valence-electron chi connectivity index (χ2n) is 7.14. The Bertz CT molecular complexity index is 1230. The summed E-state index contributed by atoms with van der Waals surface area (Å²) in [6, 6.07) is 14.1. The molecule has 0 bridgehead atoms. The largest absolute Gasteiger partial charge is 0.493 e. The molecule has 3 aromatic carbocycles. The fourth-order valence-electron chi connectivity index (χ4n) is 3.41. The Morgan fingerprint density at radius 1 is 0.938 bits per heavy atom. The fourth-order valence-corrected chi connectivity index (χ4v) is 3.88. The molecule has 0 spiro atoms. The number of allylic oxidation sites excluding steroid dienone is 1. The second kappa shape index (κ2) is 9.15. The number of carbonyl (C=O) groups excluding carboxylic acids is 1. The molecule has 3 aromatic rings. The van der Waals surface area contributed by atoms with E-state index in [-0.39, 0.29) is 18.1 Å². The van der Waals surface area contributed by atoms with Crippen LogP contribution < -0.4 is 18.9 Å². The Kier molecular flexibility index (Phi) is 6.31. The van der Waals surface area contributed by atoms with Crippen LogP contribution in [0.2, 0.25) is 10.0 Å². The molecule has 5 nitrogen and oxygen atoms in total. The molecule has 0 saturated heterocycles. The maximum Gasteiger partial charge on any atom is 0.231 e. The van der Waals surface area contributed by atoms with Gasteiger partial charge in [0.15, 0.2) is 17.3 Å². The van der Waals surface area contributed by atoms with E-state index in [0.717, 1.165) is 16.7 Å². The zero-order valence-electron chi connectivity index (χ0n) is 17.7. The summed E-state index contributed by atoms with van der Waals surface area (Å²) in [7, 11) is 3.13. The van der Waals surface area contributed by atoms with Crippen LogP contribution in [-0.2, 0) is 6.61 Å². The molecule has 164 valence electrons. The van der Waals surface area contributed by atoms with E-state index in [9.17, 15) is 4.79 Å². The van der Waals surface area contributed by atoms with Crippen molar-refractivity contribution < 1.29 is 23.7 Å². The van der Waals surface area contributed by atoms with E-state index in [2.05, 4.69) is 0 Å². The highest BCUT2D eigenvalue weighted by Crippen LogP contribution is 2.40. The molecule has 0 fully saturated rings. The minimum Gasteiger partial charge on any atom is -0.493 e. The number of hydrogen-bond acceptors (Lipinski definition) is 5. The van der Waals surface area contributed by atoms with E-state index in [1.54, 1.807) is 56.7 Å². The van der Waals surface area contributed by atoms with E-state index in [4.69, 9.17) is 42.1 Å². The predicted octanol–water partition coefficient (Wildman–Crippen LogP) is 6.51. The Hall–Kier alpha value is -3.15. The first-order chi connectivity index (χ1) is 15.4. The van der Waals surface area contributed by atoms with Crippen LogP contribution in [0.15, 0.2) is 54.3 Å². The van der Waals surface area contributed by atoms with Crippen LogP contribution in [0.4, 0.5) is 0 Å². The molecule has 7 heteroatoms. The van der Waals surface area contributed by atoms with Crippen molar-refractivity contribution in [3.63, 3.8) is 0 Å². The molecule has 0 aromatic heterocycles. The lowest BCUT2D eigenvalue weighted by Crippen LogP contribution is -1.99. The highest BCUT2D eigenvalue weighted by atomic mass is 35.5. The van der Waals surface area contributed by atoms with Crippen molar-refractivity contribution in [2.75, 3.05) is 14.2 Å². The molecule has 4 rings (SSSR count). The standard InChI is InChI=1S/C25H20Cl2O5/c1-14-20(31-13-16-5-6-17(26)12-19(16)27)9-7-18-24(28)23(32-25(14)18)11-15-4-8-21(29-2)22(10-15)30-3/h4-12H,13H2,1-3H3/b23-11-. The van der Waals surface area contributed by atoms with Crippen LogP contribution in [-0.4, -0.2) is 20.0 Å². The number of carbonyl (C=O) groups is 1. The molecule has 1 aliphatic rings. The van der Waals surface area contributed by atoms with Crippen molar-refractivity contribution >= 4 is 35.1 Å². The van der Waals surface area contributed by atoms with Crippen LogP contribution in [0.1, 0.15) is 27.0 Å². The second-order valence-corrected chi connectivity index (χ2v) is 7.99. The van der Waals surface area contributed by atoms with Gasteiger partial charge in [-0.3, -0.25) is 4.79 Å². The van der Waals surface area contributed by atoms with Crippen molar-refractivity contribution in [2.45, 2.75) is 13.5 Å². The lowest BCUT2D eigenvalue weighted by atomic mass is 10.1. The molecule has 1 aliphatic heterocycles. The predicted molar refractivity (Wildman–Crippen MR) is 124 cm³/mol. The molecule has 0 saturated carbocycles. The number of rotatable bonds is 6. The van der Waals surface area contributed by atoms with Crippen LogP contribution in [0, 0.1) is 6.92 Å². The molecule has 0 unspecified atom stereocenters. The van der Waals surface area contributed by atoms with Gasteiger partial charge in [-0.2, -0.15) is 0 Å². The lowest BCUT2D eigenvalue weighted by Gasteiger charge is -2.12. The highest BCUT2D eigenvalue weighted by molar-refractivity contribution is 6.35. The van der Waals surface area contributed by atoms with Crippen molar-refractivity contribution in [3.05, 3.63) is 86.6 Å². The summed E-state index contributed by atoms with van der Waals surface area (Å²) in [4.78, 5) is 12.9. The first-order valence-corrected chi connectivity index (χ1v) is 10.5. The molecule has 0 aliphatic carbocycles. The molecular weight excluding hydrogens is 451 g/mol. The van der Waals surface area contributed by atoms with Crippen LogP contribution in [0.25, 0.3) is 6.08 Å². The summed E-state index contributed by atoms with van der Waals surface area (Å²) >= 11 is 12.2. The molecule has 32 heavy (non-hydrogen) atoms. The fraction of sp³-hybridized carbons (Fsp3) is 0.160. The van der Waals surface area contributed by atoms with Crippen LogP contribution in [0.3, 0.4) is 0 Å². The summed E-state index contributed by atoms with van der Waals surface area (Å²) in [6.07, 6.45) is 1.68. The lowest BCUT2D eigenvalue weighted by molar-refractivity contribution is 0.101. The van der Waals surface area contributed by atoms with Crippen molar-refractivity contribution in [1.29, 1.82) is 0 Å². The third-order valence-corrected chi connectivity index (χ3v) is 5.73. The van der Waals surface area contributed by atoms with E-state index in [0.29, 0.717) is 38.6 Å². The van der Waals surface area contributed by atoms with Crippen molar-refractivity contribution in [2.24, 2.45) is 0 Å². The maximum atomic E-state index is 12.9. The third kappa shape index (κ3) is 4.27. The van der Waals surface area contributed by atoms with Gasteiger partial charge in [0.25, 0.3) is 0 Å². The van der Waals surface area contributed by atoms with Crippen LogP contribution in [0.5, 0.6) is 23.0 Å². The summed E-state index contributed by atoms with van der Waals surface area (Å²) in [5.41, 5.74) is 2.79. The number of fused-ring (bicyclic) bond motifs is 1. The van der Waals surface area contributed by atoms with Gasteiger partial charge in [0.1, 0.15) is 18.1 Å². The molecule has 0 atom stereocenters. The van der Waals surface area contributed by atoms with Gasteiger partial charge in [-0.05, 0) is 55.0 Å². The topological polar surface area (TPSA) is 54.0 Å². The van der Waals surface area contributed by atoms with Gasteiger partial charge in [-0.15, -0.1) is 0 Å². The van der Waals surface area contributed by atoms with Gasteiger partial charge >= 0.3 is 0 Å². The normalized spacial score (nSPS) is 13.7. The Balaban J connectivity index is 1.57. The average molecular weight is 471 g/mol. The third-order valence-electron chi connectivity index (χ3n) is 5.14. The number of ketones is 1. The van der Waals surface area contributed by atoms with E-state index in [1.165, 1.54) is 0 Å². The zero-order chi connectivity index (χ0) is 22.8. The first-order valence-electron chi connectivity index (χ1n) is 9.78. The van der Waals surface area contributed by atoms with Crippen molar-refractivity contribution in [1.82, 2.24) is 0 Å². The Morgan fingerprint density at radius 2 is 1.69 bits per heavy atom. The van der Waals surface area contributed by atoms with Gasteiger partial charge in [0.05, 0.1) is 19.8 Å². The SMILES string of the molecule is COc1ccc(/C=C2\Oc3c(ccc(OCc4ccc(Cl)cc4Cl)c3C)C2=O)cc1OC. The van der Waals surface area contributed by atoms with Crippen LogP contribution >= 0.6 is 23.2 Å².